The van der Waals surface area contributed by atoms with Crippen LogP contribution in [0, 0.1) is 29.2 Å². The number of rotatable bonds is 5. The van der Waals surface area contributed by atoms with Gasteiger partial charge >= 0.3 is 6.20 Å². The van der Waals surface area contributed by atoms with E-state index in [1.54, 1.807) is 6.20 Å². The molecule has 32 heavy (non-hydrogen) atoms. The minimum Gasteiger partial charge on any atom is -0.484 e. The van der Waals surface area contributed by atoms with Gasteiger partial charge in [-0.1, -0.05) is 24.6 Å². The van der Waals surface area contributed by atoms with E-state index in [1.807, 2.05) is 13.0 Å². The summed E-state index contributed by atoms with van der Waals surface area (Å²) in [5.41, 5.74) is 12.8. The molecule has 1 fully saturated rings. The van der Waals surface area contributed by atoms with Crippen LogP contribution in [0.15, 0.2) is 52.4 Å². The molecule has 1 aliphatic heterocycles. The van der Waals surface area contributed by atoms with E-state index >= 15 is 0 Å². The second-order valence-corrected chi connectivity index (χ2v) is 8.65. The lowest BCUT2D eigenvalue weighted by Crippen LogP contribution is -2.27. The zero-order chi connectivity index (χ0) is 22.5. The van der Waals surface area contributed by atoms with Crippen molar-refractivity contribution in [1.29, 1.82) is 5.26 Å². The quantitative estimate of drug-likeness (QED) is 0.700. The number of benzene rings is 1. The first-order valence-corrected chi connectivity index (χ1v) is 11.4. The Morgan fingerprint density at radius 1 is 1.41 bits per heavy atom. The van der Waals surface area contributed by atoms with Gasteiger partial charge < -0.3 is 9.47 Å². The van der Waals surface area contributed by atoms with Crippen LogP contribution in [0.5, 0.6) is 5.75 Å². The molecule has 0 saturated heterocycles. The molecule has 1 aromatic carbocycles. The van der Waals surface area contributed by atoms with Crippen LogP contribution in [0.25, 0.3) is 10.4 Å². The first kappa shape index (κ1) is 22.0. The number of hydrogen-bond acceptors (Lipinski definition) is 4. The van der Waals surface area contributed by atoms with E-state index in [2.05, 4.69) is 47.2 Å². The van der Waals surface area contributed by atoms with Gasteiger partial charge in [0.15, 0.2) is 6.10 Å². The topological polar surface area (TPSA) is 84.6 Å². The highest BCUT2D eigenvalue weighted by Crippen LogP contribution is 2.37. The molecule has 6 heteroatoms. The second kappa shape index (κ2) is 9.94. The smallest absolute Gasteiger partial charge is 0.336 e. The predicted molar refractivity (Wildman–Crippen MR) is 122 cm³/mol. The zero-order valence-electron chi connectivity index (χ0n) is 18.8. The molecule has 3 aliphatic rings. The van der Waals surface area contributed by atoms with E-state index in [1.165, 1.54) is 27.8 Å². The van der Waals surface area contributed by atoms with Crippen LogP contribution < -0.4 is 10.3 Å². The Balaban J connectivity index is 1.51. The van der Waals surface area contributed by atoms with Crippen molar-refractivity contribution in [3.63, 3.8) is 0 Å². The molecular weight excluding hydrogens is 400 g/mol. The predicted octanol–water partition coefficient (Wildman–Crippen LogP) is 4.46. The zero-order valence-corrected chi connectivity index (χ0v) is 18.8. The Morgan fingerprint density at radius 3 is 3.00 bits per heavy atom. The fourth-order valence-corrected chi connectivity index (χ4v) is 4.42. The summed E-state index contributed by atoms with van der Waals surface area (Å²) >= 11 is 0. The van der Waals surface area contributed by atoms with Crippen molar-refractivity contribution in [3.8, 4) is 17.9 Å². The molecule has 0 aromatic heterocycles. The molecule has 2 N–H and O–H groups in total. The molecule has 1 saturated carbocycles. The number of fused-ring (bicyclic) bond motifs is 2. The first-order chi connectivity index (χ1) is 15.6. The Bertz CT molecular complexity index is 1090. The van der Waals surface area contributed by atoms with E-state index in [9.17, 15) is 0 Å². The Morgan fingerprint density at radius 2 is 2.25 bits per heavy atom. The Hall–Kier alpha value is -3.22. The van der Waals surface area contributed by atoms with Gasteiger partial charge in [-0.2, -0.15) is 10.8 Å². The third-order valence-electron chi connectivity index (χ3n) is 6.45. The van der Waals surface area contributed by atoms with Crippen molar-refractivity contribution in [2.75, 3.05) is 13.2 Å². The maximum Gasteiger partial charge on any atom is 0.336 e. The molecule has 1 heterocycles. The fraction of sp³-hybridized carbons (Fsp3) is 0.462. The molecule has 2 aliphatic carbocycles. The van der Waals surface area contributed by atoms with Crippen LogP contribution in [-0.2, 0) is 11.2 Å². The van der Waals surface area contributed by atoms with Gasteiger partial charge in [-0.15, -0.1) is 0 Å². The normalized spacial score (nSPS) is 23.2. The lowest BCUT2D eigenvalue weighted by atomic mass is 9.77. The van der Waals surface area contributed by atoms with Gasteiger partial charge in [0, 0.05) is 5.92 Å². The first-order valence-electron chi connectivity index (χ1n) is 11.4. The summed E-state index contributed by atoms with van der Waals surface area (Å²) < 4.78 is 11.9. The van der Waals surface area contributed by atoms with E-state index in [4.69, 9.17) is 20.3 Å². The van der Waals surface area contributed by atoms with Gasteiger partial charge in [-0.3, -0.25) is 0 Å². The molecule has 0 unspecified atom stereocenters. The summed E-state index contributed by atoms with van der Waals surface area (Å²) in [5, 5.41) is 12.7. The van der Waals surface area contributed by atoms with Gasteiger partial charge in [0.25, 0.3) is 6.07 Å². The second-order valence-electron chi connectivity index (χ2n) is 8.65. The van der Waals surface area contributed by atoms with Crippen molar-refractivity contribution in [3.05, 3.63) is 63.3 Å². The fourth-order valence-electron chi connectivity index (χ4n) is 4.42. The molecule has 0 amide bonds. The van der Waals surface area contributed by atoms with E-state index < -0.39 is 0 Å². The van der Waals surface area contributed by atoms with Crippen LogP contribution in [0.3, 0.4) is 0 Å². The molecule has 1 aromatic rings. The summed E-state index contributed by atoms with van der Waals surface area (Å²) in [6, 6.07) is 11.7. The third-order valence-corrected chi connectivity index (χ3v) is 6.45. The van der Waals surface area contributed by atoms with Gasteiger partial charge in [0.1, 0.15) is 5.75 Å². The third kappa shape index (κ3) is 4.82. The minimum atomic E-state index is -0.352. The number of nitrogens with two attached hydrogens (primary N) is 1. The average Bonchev–Trinajstić information content (AvgIpc) is 2.94. The highest BCUT2D eigenvalue weighted by Gasteiger charge is 2.31. The molecule has 6 nitrogen and oxygen atoms in total. The maximum atomic E-state index is 8.87. The van der Waals surface area contributed by atoms with Crippen LogP contribution in [0.2, 0.25) is 0 Å². The van der Waals surface area contributed by atoms with E-state index in [0.717, 1.165) is 44.5 Å². The maximum absolute atomic E-state index is 8.87. The molecule has 164 valence electrons. The summed E-state index contributed by atoms with van der Waals surface area (Å²) in [6.45, 7) is 5.53. The Kier molecular flexibility index (Phi) is 6.83. The number of nitrogens with zero attached hydrogens (tertiary/aromatic N) is 3. The van der Waals surface area contributed by atoms with Gasteiger partial charge in [-0.25, -0.2) is 0 Å². The van der Waals surface area contributed by atoms with Crippen molar-refractivity contribution in [2.45, 2.75) is 52.1 Å². The van der Waals surface area contributed by atoms with Crippen molar-refractivity contribution >= 4 is 5.57 Å². The van der Waals surface area contributed by atoms with Crippen LogP contribution >= 0.6 is 0 Å². The molecule has 0 radical (unpaired) electrons. The summed E-state index contributed by atoms with van der Waals surface area (Å²) in [6.07, 6.45) is 8.12. The molecular formula is C26H30N4O2+2. The average molecular weight is 431 g/mol. The van der Waals surface area contributed by atoms with Gasteiger partial charge in [0.2, 0.25) is 5.70 Å². The lowest BCUT2D eigenvalue weighted by Gasteiger charge is -2.21. The standard InChI is InChI=1S/C26H29N4O2/c1-3-18-10-21-4-5-23(12-25(21)24-6-7-31-16-22(24)11-18)32-17(2)26(30-28)15-29-14-20-8-19(9-20)13-27/h4-5,11-12,15,17,19-20,28H,3,6-10,16H2,1-2H3/q+1/p+1/b26-15-,30-28?/t17-,19?,20?/m1/s1. The minimum absolute atomic E-state index is 0.135. The van der Waals surface area contributed by atoms with Crippen LogP contribution in [0.1, 0.15) is 50.7 Å². The summed E-state index contributed by atoms with van der Waals surface area (Å²) in [4.78, 5) is 4.25. The van der Waals surface area contributed by atoms with E-state index in [-0.39, 0.29) is 17.9 Å². The lowest BCUT2D eigenvalue weighted by molar-refractivity contribution is -0.216. The number of ether oxygens (including phenoxy) is 2. The molecule has 4 rings (SSSR count). The van der Waals surface area contributed by atoms with Crippen LogP contribution in [0.4, 0.5) is 0 Å². The van der Waals surface area contributed by atoms with E-state index in [0.29, 0.717) is 12.3 Å². The molecule has 0 bridgehead atoms. The van der Waals surface area contributed by atoms with Crippen LogP contribution in [-0.4, -0.2) is 19.3 Å². The van der Waals surface area contributed by atoms with Gasteiger partial charge in [0.05, 0.1) is 25.2 Å². The number of allylic oxidation sites excluding steroid dienone is 1. The highest BCUT2D eigenvalue weighted by atomic mass is 16.5. The monoisotopic (exact) mass is 430 g/mol. The Labute approximate surface area is 189 Å². The number of nitriles is 1. The molecule has 0 spiro atoms. The largest absolute Gasteiger partial charge is 0.484 e. The SMILES string of the molecule is CCC1=CC2=C(CCOC2)c2cc(O[C@H](C)/C(=C/[N+]#CC3CC(C#N)C3)N=[NH2+])ccc2C1. The highest BCUT2D eigenvalue weighted by molar-refractivity contribution is 5.76. The summed E-state index contributed by atoms with van der Waals surface area (Å²) in [7, 11) is 0. The van der Waals surface area contributed by atoms with Crippen molar-refractivity contribution < 1.29 is 15.0 Å². The van der Waals surface area contributed by atoms with Gasteiger partial charge in [-0.05, 0) is 83.4 Å². The van der Waals surface area contributed by atoms with Crippen molar-refractivity contribution in [2.24, 2.45) is 17.0 Å². The summed E-state index contributed by atoms with van der Waals surface area (Å²) in [5.74, 6) is 1.16. The molecule has 1 atom stereocenters. The van der Waals surface area contributed by atoms with Crippen molar-refractivity contribution in [1.82, 2.24) is 0 Å². The number of hydrogen-bond donors (Lipinski definition) is 1.